The zero-order valence-electron chi connectivity index (χ0n) is 24.7. The van der Waals surface area contributed by atoms with Crippen LogP contribution in [0.2, 0.25) is 20.1 Å². The predicted octanol–water partition coefficient (Wildman–Crippen LogP) is 10.8. The molecule has 0 aromatic heterocycles. The molecule has 0 fully saturated rings. The Kier molecular flexibility index (Phi) is 15.3. The van der Waals surface area contributed by atoms with Gasteiger partial charge in [0.05, 0.1) is 51.5 Å². The Bertz CT molecular complexity index is 1900. The molecule has 0 atom stereocenters. The third-order valence-corrected chi connectivity index (χ3v) is 7.88. The van der Waals surface area contributed by atoms with Crippen molar-refractivity contribution in [2.75, 3.05) is 7.11 Å². The molecule has 0 aliphatic carbocycles. The first-order valence-electron chi connectivity index (χ1n) is 13.7. The van der Waals surface area contributed by atoms with Crippen molar-refractivity contribution in [3.05, 3.63) is 149 Å². The molecule has 0 saturated heterocycles. The minimum atomic E-state index is -1.24. The fraction of sp³-hybridized carbons (Fsp3) is 0.167. The molecule has 0 bridgehead atoms. The third kappa shape index (κ3) is 10.7. The second-order valence-electron chi connectivity index (χ2n) is 9.84. The van der Waals surface area contributed by atoms with E-state index in [-0.39, 0.29) is 68.6 Å². The first-order chi connectivity index (χ1) is 22.4. The number of carboxylic acid groups (broad SMARTS) is 1. The molecule has 0 aliphatic heterocycles. The summed E-state index contributed by atoms with van der Waals surface area (Å²) >= 11 is 23.8. The molecule has 8 nitrogen and oxygen atoms in total. The summed E-state index contributed by atoms with van der Waals surface area (Å²) in [5.41, 5.74) is 3.27. The van der Waals surface area contributed by atoms with Gasteiger partial charge in [0.1, 0.15) is 0 Å². The smallest absolute Gasteiger partial charge is 0.340 e. The standard InChI is InChI=1S/C18H13Cl2NO3.C17H11Cl2NO3.CH4/c1-21-13-5-3-4-11(8-13)6-7-16(22)12-9-14(19)17(15(20)10-12)18(23)24-2;1-20-12-4-2-3-10(7-12)5-6-15(21)11-8-13(18)16(17(22)23)14(19)9-11;/h3-5,8-10H,6-7H2,2H3;2-4,7-9H,5-6H2,(H,22,23);1H4. The van der Waals surface area contributed by atoms with Crippen molar-refractivity contribution in [2.45, 2.75) is 33.1 Å². The Morgan fingerprint density at radius 3 is 1.38 bits per heavy atom. The topological polar surface area (TPSA) is 106 Å². The monoisotopic (exact) mass is 724 g/mol. The van der Waals surface area contributed by atoms with Crippen molar-refractivity contribution < 1.29 is 29.0 Å². The van der Waals surface area contributed by atoms with Gasteiger partial charge in [0.2, 0.25) is 0 Å². The summed E-state index contributed by atoms with van der Waals surface area (Å²) in [5.74, 6) is -2.24. The Labute approximate surface area is 298 Å². The summed E-state index contributed by atoms with van der Waals surface area (Å²) < 4.78 is 4.61. The SMILES string of the molecule is C.[C-]#[N+]c1cccc(CCC(=O)c2cc(Cl)c(C(=O)O)c(Cl)c2)c1.[C-]#[N+]c1cccc(CCC(=O)c2cc(Cl)c(C(=O)OC)c(Cl)c2)c1. The van der Waals surface area contributed by atoms with Crippen LogP contribution in [-0.4, -0.2) is 35.7 Å². The van der Waals surface area contributed by atoms with Crippen LogP contribution in [0.1, 0.15) is 72.8 Å². The molecule has 0 unspecified atom stereocenters. The highest BCUT2D eigenvalue weighted by Crippen LogP contribution is 2.29. The van der Waals surface area contributed by atoms with E-state index in [1.165, 1.54) is 31.4 Å². The largest absolute Gasteiger partial charge is 0.478 e. The quantitative estimate of drug-likeness (QED) is 0.0991. The second-order valence-corrected chi connectivity index (χ2v) is 11.5. The number of rotatable bonds is 10. The number of esters is 1. The Hall–Kier alpha value is -4.70. The van der Waals surface area contributed by atoms with E-state index in [9.17, 15) is 19.2 Å². The molecule has 4 rings (SSSR count). The van der Waals surface area contributed by atoms with Crippen LogP contribution in [-0.2, 0) is 17.6 Å². The lowest BCUT2D eigenvalue weighted by Crippen LogP contribution is -2.07. The average Bonchev–Trinajstić information content (AvgIpc) is 3.05. The number of Topliss-reactive ketones (excluding diaryl/α,β-unsaturated/α-hetero) is 2. The van der Waals surface area contributed by atoms with Gasteiger partial charge in [0.15, 0.2) is 22.9 Å². The molecular formula is C36H28Cl4N2O6. The van der Waals surface area contributed by atoms with Crippen LogP contribution in [0, 0.1) is 13.1 Å². The zero-order chi connectivity index (χ0) is 34.7. The van der Waals surface area contributed by atoms with Crippen molar-refractivity contribution in [3.8, 4) is 0 Å². The fourth-order valence-corrected chi connectivity index (χ4v) is 5.63. The van der Waals surface area contributed by atoms with Crippen molar-refractivity contribution in [2.24, 2.45) is 0 Å². The maximum atomic E-state index is 12.3. The predicted molar refractivity (Wildman–Crippen MR) is 189 cm³/mol. The molecule has 0 heterocycles. The maximum absolute atomic E-state index is 12.3. The van der Waals surface area contributed by atoms with Crippen LogP contribution < -0.4 is 0 Å². The van der Waals surface area contributed by atoms with Crippen LogP contribution >= 0.6 is 46.4 Å². The number of carbonyl (C=O) groups excluding carboxylic acids is 3. The van der Waals surface area contributed by atoms with Gasteiger partial charge >= 0.3 is 11.9 Å². The van der Waals surface area contributed by atoms with E-state index in [1.54, 1.807) is 36.4 Å². The van der Waals surface area contributed by atoms with Crippen LogP contribution in [0.3, 0.4) is 0 Å². The Morgan fingerprint density at radius 1 is 0.667 bits per heavy atom. The van der Waals surface area contributed by atoms with Gasteiger partial charge in [-0.3, -0.25) is 9.59 Å². The number of carbonyl (C=O) groups is 4. The van der Waals surface area contributed by atoms with Crippen LogP contribution in [0.5, 0.6) is 0 Å². The van der Waals surface area contributed by atoms with Gasteiger partial charge in [0.25, 0.3) is 0 Å². The van der Waals surface area contributed by atoms with Crippen LogP contribution in [0.25, 0.3) is 9.69 Å². The van der Waals surface area contributed by atoms with Gasteiger partial charge in [-0.1, -0.05) is 113 Å². The normalized spacial score (nSPS) is 9.90. The highest BCUT2D eigenvalue weighted by molar-refractivity contribution is 6.40. The lowest BCUT2D eigenvalue weighted by Gasteiger charge is -2.08. The first kappa shape index (κ1) is 39.5. The van der Waals surface area contributed by atoms with Gasteiger partial charge in [0, 0.05) is 24.0 Å². The third-order valence-electron chi connectivity index (χ3n) is 6.69. The van der Waals surface area contributed by atoms with Crippen LogP contribution in [0.4, 0.5) is 11.4 Å². The first-order valence-corrected chi connectivity index (χ1v) is 15.2. The lowest BCUT2D eigenvalue weighted by molar-refractivity contribution is 0.0599. The lowest BCUT2D eigenvalue weighted by atomic mass is 10.0. The number of hydrogen-bond acceptors (Lipinski definition) is 5. The molecular weight excluding hydrogens is 698 g/mol. The molecule has 4 aromatic carbocycles. The molecule has 12 heteroatoms. The number of methoxy groups -OCH3 is 1. The molecule has 0 amide bonds. The van der Waals surface area contributed by atoms with Crippen molar-refractivity contribution in [3.63, 3.8) is 0 Å². The summed E-state index contributed by atoms with van der Waals surface area (Å²) in [7, 11) is 1.23. The molecule has 48 heavy (non-hydrogen) atoms. The summed E-state index contributed by atoms with van der Waals surface area (Å²) in [6, 6.07) is 19.6. The summed E-state index contributed by atoms with van der Waals surface area (Å²) in [6.07, 6.45) is 1.42. The number of aromatic carboxylic acids is 1. The van der Waals surface area contributed by atoms with Crippen molar-refractivity contribution in [1.82, 2.24) is 0 Å². The van der Waals surface area contributed by atoms with Crippen molar-refractivity contribution in [1.29, 1.82) is 0 Å². The molecule has 0 spiro atoms. The Balaban J connectivity index is 0.000000327. The molecule has 1 N–H and O–H groups in total. The highest BCUT2D eigenvalue weighted by Gasteiger charge is 2.20. The number of carboxylic acids is 1. The van der Waals surface area contributed by atoms with Gasteiger partial charge in [-0.05, 0) is 37.1 Å². The summed E-state index contributed by atoms with van der Waals surface area (Å²) in [4.78, 5) is 53.9. The number of benzene rings is 4. The average molecular weight is 726 g/mol. The van der Waals surface area contributed by atoms with E-state index in [0.29, 0.717) is 29.8 Å². The van der Waals surface area contributed by atoms with Crippen molar-refractivity contribution >= 4 is 81.3 Å². The number of hydrogen-bond donors (Lipinski definition) is 1. The van der Waals surface area contributed by atoms with E-state index in [2.05, 4.69) is 14.4 Å². The van der Waals surface area contributed by atoms with Gasteiger partial charge in [-0.25, -0.2) is 19.3 Å². The van der Waals surface area contributed by atoms with E-state index in [1.807, 2.05) is 12.1 Å². The minimum Gasteiger partial charge on any atom is -0.478 e. The highest BCUT2D eigenvalue weighted by atomic mass is 35.5. The number of aryl methyl sites for hydroxylation is 2. The second kappa shape index (κ2) is 18.6. The number of ketones is 2. The van der Waals surface area contributed by atoms with E-state index < -0.39 is 11.9 Å². The summed E-state index contributed by atoms with van der Waals surface area (Å²) in [5, 5.41) is 9.02. The number of ether oxygens (including phenoxy) is 1. The summed E-state index contributed by atoms with van der Waals surface area (Å²) in [6.45, 7) is 14.0. The fourth-order valence-electron chi connectivity index (χ4n) is 4.34. The zero-order valence-corrected chi connectivity index (χ0v) is 27.7. The molecule has 246 valence electrons. The molecule has 0 aliphatic rings. The maximum Gasteiger partial charge on any atom is 0.340 e. The van der Waals surface area contributed by atoms with E-state index >= 15 is 0 Å². The van der Waals surface area contributed by atoms with Gasteiger partial charge < -0.3 is 9.84 Å². The van der Waals surface area contributed by atoms with Crippen LogP contribution in [0.15, 0.2) is 72.8 Å². The van der Waals surface area contributed by atoms with E-state index in [4.69, 9.17) is 64.7 Å². The molecule has 0 radical (unpaired) electrons. The number of halogens is 4. The van der Waals surface area contributed by atoms with Gasteiger partial charge in [-0.2, -0.15) is 0 Å². The molecule has 4 aromatic rings. The van der Waals surface area contributed by atoms with E-state index in [0.717, 1.165) is 11.1 Å². The molecule has 0 saturated carbocycles. The van der Waals surface area contributed by atoms with Gasteiger partial charge in [-0.15, -0.1) is 0 Å². The minimum absolute atomic E-state index is 0. The number of nitrogens with zero attached hydrogens (tertiary/aromatic N) is 2. The Morgan fingerprint density at radius 2 is 1.04 bits per heavy atom.